The molecule has 7 nitrogen and oxygen atoms in total. The lowest BCUT2D eigenvalue weighted by molar-refractivity contribution is -0.384. The fraction of sp³-hybridized carbons (Fsp3) is 0.238. The number of ether oxygens (including phenoxy) is 1. The van der Waals surface area contributed by atoms with E-state index in [-0.39, 0.29) is 23.3 Å². The van der Waals surface area contributed by atoms with Crippen molar-refractivity contribution in [2.24, 2.45) is 0 Å². The number of nitro groups is 1. The van der Waals surface area contributed by atoms with Gasteiger partial charge in [0, 0.05) is 39.7 Å². The van der Waals surface area contributed by atoms with E-state index >= 15 is 0 Å². The molecule has 1 aromatic heterocycles. The van der Waals surface area contributed by atoms with E-state index in [0.29, 0.717) is 18.3 Å². The Bertz CT molecular complexity index is 1060. The van der Waals surface area contributed by atoms with Crippen LogP contribution in [-0.2, 0) is 4.74 Å². The molecule has 30 heavy (non-hydrogen) atoms. The molecule has 1 saturated heterocycles. The van der Waals surface area contributed by atoms with E-state index in [1.807, 2.05) is 29.6 Å². The number of carbonyl (C=O) groups excluding carboxylic acids is 1. The minimum absolute atomic E-state index is 0.0762. The molecule has 1 amide bonds. The fourth-order valence-corrected chi connectivity index (χ4v) is 4.40. The molecule has 0 N–H and O–H groups in total. The van der Waals surface area contributed by atoms with Crippen molar-refractivity contribution in [3.63, 3.8) is 0 Å². The van der Waals surface area contributed by atoms with Crippen molar-refractivity contribution in [3.8, 4) is 11.3 Å². The molecule has 1 aliphatic rings. The summed E-state index contributed by atoms with van der Waals surface area (Å²) in [5.41, 5.74) is 1.85. The molecule has 0 aliphatic carbocycles. The molecule has 2 heterocycles. The minimum Gasteiger partial charge on any atom is -0.376 e. The van der Waals surface area contributed by atoms with Crippen LogP contribution in [0.2, 0.25) is 0 Å². The van der Waals surface area contributed by atoms with Crippen LogP contribution in [-0.4, -0.2) is 35.1 Å². The van der Waals surface area contributed by atoms with Crippen LogP contribution >= 0.6 is 27.3 Å². The van der Waals surface area contributed by atoms with E-state index < -0.39 is 4.92 Å². The van der Waals surface area contributed by atoms with Crippen LogP contribution in [0.3, 0.4) is 0 Å². The molecule has 2 aromatic carbocycles. The lowest BCUT2D eigenvalue weighted by atomic mass is 10.1. The molecule has 1 aliphatic heterocycles. The van der Waals surface area contributed by atoms with E-state index in [2.05, 4.69) is 20.9 Å². The van der Waals surface area contributed by atoms with Gasteiger partial charge in [-0.1, -0.05) is 34.1 Å². The average molecular weight is 488 g/mol. The van der Waals surface area contributed by atoms with Crippen LogP contribution in [0.15, 0.2) is 58.4 Å². The number of amides is 1. The first-order valence-corrected chi connectivity index (χ1v) is 11.1. The smallest absolute Gasteiger partial charge is 0.270 e. The number of aromatic nitrogens is 1. The van der Waals surface area contributed by atoms with E-state index in [1.54, 1.807) is 11.0 Å². The number of benzene rings is 2. The molecule has 0 radical (unpaired) electrons. The molecule has 4 rings (SSSR count). The number of thiazole rings is 1. The van der Waals surface area contributed by atoms with Gasteiger partial charge >= 0.3 is 0 Å². The van der Waals surface area contributed by atoms with Gasteiger partial charge < -0.3 is 4.74 Å². The zero-order valence-electron chi connectivity index (χ0n) is 15.9. The fourth-order valence-electron chi connectivity index (χ4n) is 3.29. The molecule has 0 spiro atoms. The third kappa shape index (κ3) is 4.58. The normalized spacial score (nSPS) is 15.8. The predicted octanol–water partition coefficient (Wildman–Crippen LogP) is 5.31. The van der Waals surface area contributed by atoms with E-state index in [1.165, 1.54) is 29.5 Å². The highest BCUT2D eigenvalue weighted by atomic mass is 79.9. The Morgan fingerprint density at radius 3 is 2.80 bits per heavy atom. The molecule has 3 aromatic rings. The largest absolute Gasteiger partial charge is 0.376 e. The Morgan fingerprint density at radius 2 is 2.10 bits per heavy atom. The number of halogens is 1. The van der Waals surface area contributed by atoms with Gasteiger partial charge in [0.1, 0.15) is 0 Å². The Balaban J connectivity index is 1.66. The van der Waals surface area contributed by atoms with Gasteiger partial charge in [0.15, 0.2) is 5.13 Å². The lowest BCUT2D eigenvalue weighted by Gasteiger charge is -2.23. The average Bonchev–Trinajstić information content (AvgIpc) is 3.44. The summed E-state index contributed by atoms with van der Waals surface area (Å²) >= 11 is 4.79. The molecule has 0 saturated carbocycles. The molecule has 154 valence electrons. The van der Waals surface area contributed by atoms with Crippen LogP contribution in [0.25, 0.3) is 11.3 Å². The summed E-state index contributed by atoms with van der Waals surface area (Å²) in [6.07, 6.45) is 1.74. The zero-order valence-corrected chi connectivity index (χ0v) is 18.3. The monoisotopic (exact) mass is 487 g/mol. The number of nitro benzene ring substituents is 1. The quantitative estimate of drug-likeness (QED) is 0.347. The maximum absolute atomic E-state index is 13.3. The van der Waals surface area contributed by atoms with Crippen molar-refractivity contribution in [3.05, 3.63) is 74.1 Å². The first-order valence-electron chi connectivity index (χ1n) is 9.40. The highest BCUT2D eigenvalue weighted by Gasteiger charge is 2.27. The predicted molar refractivity (Wildman–Crippen MR) is 119 cm³/mol. The SMILES string of the molecule is O=C(c1cccc([N+](=O)[O-])c1)N(CC1CCCO1)c1nc(-c2ccc(Br)cc2)cs1. The van der Waals surface area contributed by atoms with Crippen molar-refractivity contribution >= 4 is 44.0 Å². The first kappa shape index (κ1) is 20.6. The van der Waals surface area contributed by atoms with E-state index in [9.17, 15) is 14.9 Å². The molecule has 1 fully saturated rings. The van der Waals surface area contributed by atoms with Crippen LogP contribution in [0.4, 0.5) is 10.8 Å². The summed E-state index contributed by atoms with van der Waals surface area (Å²) < 4.78 is 6.70. The molecule has 0 bridgehead atoms. The highest BCUT2D eigenvalue weighted by Crippen LogP contribution is 2.30. The Labute approximate surface area is 185 Å². The van der Waals surface area contributed by atoms with Gasteiger partial charge in [-0.2, -0.15) is 0 Å². The van der Waals surface area contributed by atoms with Crippen molar-refractivity contribution in [2.45, 2.75) is 18.9 Å². The van der Waals surface area contributed by atoms with Crippen molar-refractivity contribution in [1.29, 1.82) is 0 Å². The molecular formula is C21H18BrN3O4S. The van der Waals surface area contributed by atoms with E-state index in [4.69, 9.17) is 4.74 Å². The van der Waals surface area contributed by atoms with Crippen LogP contribution in [0, 0.1) is 10.1 Å². The van der Waals surface area contributed by atoms with Crippen molar-refractivity contribution < 1.29 is 14.5 Å². The topological polar surface area (TPSA) is 85.6 Å². The standard InChI is InChI=1S/C21H18BrN3O4S/c22-16-8-6-14(7-9-16)19-13-30-21(23-19)24(12-18-5-2-10-29-18)20(26)15-3-1-4-17(11-15)25(27)28/h1,3-4,6-9,11,13,18H,2,5,10,12H2. The summed E-state index contributed by atoms with van der Waals surface area (Å²) in [5, 5.41) is 13.6. The molecule has 1 unspecified atom stereocenters. The minimum atomic E-state index is -0.504. The van der Waals surface area contributed by atoms with Gasteiger partial charge in [-0.15, -0.1) is 11.3 Å². The number of anilines is 1. The maximum Gasteiger partial charge on any atom is 0.270 e. The van der Waals surface area contributed by atoms with Gasteiger partial charge in [-0.25, -0.2) is 4.98 Å². The summed E-state index contributed by atoms with van der Waals surface area (Å²) in [6, 6.07) is 13.6. The number of carbonyl (C=O) groups is 1. The molecule has 1 atom stereocenters. The molecule has 9 heteroatoms. The lowest BCUT2D eigenvalue weighted by Crippen LogP contribution is -2.37. The number of nitrogens with zero attached hydrogens (tertiary/aromatic N) is 3. The Morgan fingerprint density at radius 1 is 1.30 bits per heavy atom. The second-order valence-electron chi connectivity index (χ2n) is 6.88. The zero-order chi connectivity index (χ0) is 21.1. The maximum atomic E-state index is 13.3. The first-order chi connectivity index (χ1) is 14.5. The Hall–Kier alpha value is -2.62. The van der Waals surface area contributed by atoms with Crippen LogP contribution in [0.5, 0.6) is 0 Å². The van der Waals surface area contributed by atoms with E-state index in [0.717, 1.165) is 28.6 Å². The van der Waals surface area contributed by atoms with Crippen LogP contribution < -0.4 is 4.90 Å². The number of hydrogen-bond donors (Lipinski definition) is 0. The number of hydrogen-bond acceptors (Lipinski definition) is 6. The summed E-state index contributed by atoms with van der Waals surface area (Å²) in [7, 11) is 0. The van der Waals surface area contributed by atoms with Gasteiger partial charge in [-0.3, -0.25) is 19.8 Å². The summed E-state index contributed by atoms with van der Waals surface area (Å²) in [5.74, 6) is -0.328. The second kappa shape index (κ2) is 9.03. The summed E-state index contributed by atoms with van der Waals surface area (Å²) in [6.45, 7) is 1.03. The van der Waals surface area contributed by atoms with Gasteiger partial charge in [0.05, 0.1) is 23.3 Å². The third-order valence-electron chi connectivity index (χ3n) is 4.82. The van der Waals surface area contributed by atoms with Crippen LogP contribution in [0.1, 0.15) is 23.2 Å². The van der Waals surface area contributed by atoms with Crippen molar-refractivity contribution in [1.82, 2.24) is 4.98 Å². The van der Waals surface area contributed by atoms with Gasteiger partial charge in [0.25, 0.3) is 11.6 Å². The van der Waals surface area contributed by atoms with Crippen molar-refractivity contribution in [2.75, 3.05) is 18.1 Å². The van der Waals surface area contributed by atoms with Gasteiger partial charge in [0.2, 0.25) is 0 Å². The Kier molecular flexibility index (Phi) is 6.21. The molecular weight excluding hydrogens is 470 g/mol. The number of non-ortho nitro benzene ring substituents is 1. The summed E-state index contributed by atoms with van der Waals surface area (Å²) in [4.78, 5) is 30.2. The number of rotatable bonds is 6. The van der Waals surface area contributed by atoms with Gasteiger partial charge in [-0.05, 0) is 31.0 Å². The third-order valence-corrected chi connectivity index (χ3v) is 6.21. The second-order valence-corrected chi connectivity index (χ2v) is 8.63. The highest BCUT2D eigenvalue weighted by molar-refractivity contribution is 9.10.